The second-order valence-electron chi connectivity index (χ2n) is 7.70. The Bertz CT molecular complexity index is 436. The quantitative estimate of drug-likeness (QED) is 0.373. The fourth-order valence-electron chi connectivity index (χ4n) is 3.11. The molecule has 0 bridgehead atoms. The van der Waals surface area contributed by atoms with Gasteiger partial charge in [-0.2, -0.15) is 0 Å². The van der Waals surface area contributed by atoms with Crippen LogP contribution in [-0.2, 0) is 9.53 Å². The van der Waals surface area contributed by atoms with Crippen LogP contribution in [0.3, 0.4) is 0 Å². The molecule has 0 aliphatic carbocycles. The zero-order valence-corrected chi connectivity index (χ0v) is 18.0. The summed E-state index contributed by atoms with van der Waals surface area (Å²) in [5.41, 5.74) is 0. The molecule has 2 atom stereocenters. The van der Waals surface area contributed by atoms with Crippen molar-refractivity contribution >= 4 is 11.9 Å². The molecule has 1 saturated heterocycles. The Kier molecular flexibility index (Phi) is 12.1. The van der Waals surface area contributed by atoms with Gasteiger partial charge in [0.05, 0.1) is 19.8 Å². The van der Waals surface area contributed by atoms with E-state index in [-0.39, 0.29) is 11.9 Å². The van der Waals surface area contributed by atoms with E-state index >= 15 is 0 Å². The van der Waals surface area contributed by atoms with Gasteiger partial charge in [0, 0.05) is 44.7 Å². The fraction of sp³-hybridized carbons (Fsp3) is 0.900. The highest BCUT2D eigenvalue weighted by Gasteiger charge is 2.21. The van der Waals surface area contributed by atoms with Crippen LogP contribution in [0.15, 0.2) is 4.99 Å². The van der Waals surface area contributed by atoms with E-state index in [2.05, 4.69) is 48.5 Å². The molecule has 0 aromatic carbocycles. The van der Waals surface area contributed by atoms with Gasteiger partial charge in [-0.1, -0.05) is 20.8 Å². The van der Waals surface area contributed by atoms with E-state index in [0.29, 0.717) is 24.9 Å². The van der Waals surface area contributed by atoms with Gasteiger partial charge in [0.15, 0.2) is 5.96 Å². The SMILES string of the molecule is CCNC(=NCC(CC(C)C)N1CCOCC1)NCCC(=O)NC(C)CC. The number of aliphatic imine (C=N–C) groups is 1. The zero-order chi connectivity index (χ0) is 20.1. The maximum absolute atomic E-state index is 11.9. The molecule has 27 heavy (non-hydrogen) atoms. The fourth-order valence-corrected chi connectivity index (χ4v) is 3.11. The summed E-state index contributed by atoms with van der Waals surface area (Å²) in [6, 6.07) is 0.655. The Morgan fingerprint density at radius 1 is 1.15 bits per heavy atom. The van der Waals surface area contributed by atoms with Gasteiger partial charge in [-0.05, 0) is 32.6 Å². The van der Waals surface area contributed by atoms with Crippen molar-refractivity contribution in [2.24, 2.45) is 10.9 Å². The number of amides is 1. The summed E-state index contributed by atoms with van der Waals surface area (Å²) in [4.78, 5) is 19.2. The molecular formula is C20H41N5O2. The average molecular weight is 384 g/mol. The summed E-state index contributed by atoms with van der Waals surface area (Å²) in [6.07, 6.45) is 2.52. The molecule has 1 fully saturated rings. The second kappa shape index (κ2) is 13.8. The van der Waals surface area contributed by atoms with E-state index in [1.165, 1.54) is 0 Å². The molecule has 1 aliphatic rings. The molecule has 7 nitrogen and oxygen atoms in total. The highest BCUT2D eigenvalue weighted by atomic mass is 16.5. The number of carbonyl (C=O) groups excluding carboxylic acids is 1. The topological polar surface area (TPSA) is 78.0 Å². The molecule has 2 unspecified atom stereocenters. The number of hydrogen-bond acceptors (Lipinski definition) is 4. The number of ether oxygens (including phenoxy) is 1. The van der Waals surface area contributed by atoms with Gasteiger partial charge < -0.3 is 20.7 Å². The third-order valence-electron chi connectivity index (χ3n) is 4.77. The zero-order valence-electron chi connectivity index (χ0n) is 18.0. The summed E-state index contributed by atoms with van der Waals surface area (Å²) < 4.78 is 5.49. The van der Waals surface area contributed by atoms with Crippen molar-refractivity contribution in [3.63, 3.8) is 0 Å². The highest BCUT2D eigenvalue weighted by Crippen LogP contribution is 2.14. The summed E-state index contributed by atoms with van der Waals surface area (Å²) in [5.74, 6) is 1.50. The molecule has 0 radical (unpaired) electrons. The van der Waals surface area contributed by atoms with Gasteiger partial charge in [-0.15, -0.1) is 0 Å². The molecule has 1 rings (SSSR count). The van der Waals surface area contributed by atoms with Crippen LogP contribution < -0.4 is 16.0 Å². The van der Waals surface area contributed by atoms with Gasteiger partial charge in [0.2, 0.25) is 5.91 Å². The number of nitrogens with one attached hydrogen (secondary N) is 3. The van der Waals surface area contributed by atoms with E-state index in [1.807, 2.05) is 6.92 Å². The Hall–Kier alpha value is -1.34. The molecule has 0 spiro atoms. The van der Waals surface area contributed by atoms with Crippen LogP contribution in [0.4, 0.5) is 0 Å². The van der Waals surface area contributed by atoms with Crippen molar-refractivity contribution in [1.29, 1.82) is 0 Å². The van der Waals surface area contributed by atoms with Gasteiger partial charge in [0.25, 0.3) is 0 Å². The molecule has 0 saturated carbocycles. The van der Waals surface area contributed by atoms with Crippen LogP contribution in [0.5, 0.6) is 0 Å². The lowest BCUT2D eigenvalue weighted by atomic mass is 10.0. The molecule has 0 aromatic heterocycles. The lowest BCUT2D eigenvalue weighted by Crippen LogP contribution is -2.46. The Morgan fingerprint density at radius 3 is 2.44 bits per heavy atom. The molecule has 7 heteroatoms. The largest absolute Gasteiger partial charge is 0.379 e. The standard InChI is InChI=1S/C20H41N5O2/c1-6-17(5)24-19(26)8-9-22-20(21-7-2)23-15-18(14-16(3)4)25-10-12-27-13-11-25/h16-18H,6-15H2,1-5H3,(H,24,26)(H2,21,22,23). The van der Waals surface area contributed by atoms with Crippen LogP contribution in [-0.4, -0.2) is 74.8 Å². The smallest absolute Gasteiger partial charge is 0.221 e. The molecule has 0 aromatic rings. The van der Waals surface area contributed by atoms with Crippen LogP contribution in [0.25, 0.3) is 0 Å². The van der Waals surface area contributed by atoms with Crippen molar-refractivity contribution in [3.8, 4) is 0 Å². The summed E-state index contributed by atoms with van der Waals surface area (Å²) in [6.45, 7) is 16.4. The number of guanidine groups is 1. The molecule has 158 valence electrons. The normalized spacial score (nSPS) is 18.2. The molecule has 1 aliphatic heterocycles. The molecule has 1 heterocycles. The molecule has 1 amide bonds. The minimum Gasteiger partial charge on any atom is -0.379 e. The van der Waals surface area contributed by atoms with E-state index in [0.717, 1.165) is 58.2 Å². The summed E-state index contributed by atoms with van der Waals surface area (Å²) >= 11 is 0. The van der Waals surface area contributed by atoms with Crippen LogP contribution >= 0.6 is 0 Å². The first-order chi connectivity index (χ1) is 13.0. The van der Waals surface area contributed by atoms with Crippen molar-refractivity contribution in [1.82, 2.24) is 20.9 Å². The van der Waals surface area contributed by atoms with Gasteiger partial charge in [0.1, 0.15) is 0 Å². The Labute approximate surface area is 165 Å². The lowest BCUT2D eigenvalue weighted by Gasteiger charge is -2.34. The van der Waals surface area contributed by atoms with Crippen molar-refractivity contribution in [3.05, 3.63) is 0 Å². The third-order valence-corrected chi connectivity index (χ3v) is 4.77. The summed E-state index contributed by atoms with van der Waals surface area (Å²) in [5, 5.41) is 9.57. The molecule has 3 N–H and O–H groups in total. The van der Waals surface area contributed by atoms with Crippen LogP contribution in [0.2, 0.25) is 0 Å². The second-order valence-corrected chi connectivity index (χ2v) is 7.70. The van der Waals surface area contributed by atoms with E-state index in [9.17, 15) is 4.79 Å². The van der Waals surface area contributed by atoms with Gasteiger partial charge in [-0.3, -0.25) is 14.7 Å². The van der Waals surface area contributed by atoms with Crippen molar-refractivity contribution < 1.29 is 9.53 Å². The molecular weight excluding hydrogens is 342 g/mol. The summed E-state index contributed by atoms with van der Waals surface area (Å²) in [7, 11) is 0. The van der Waals surface area contributed by atoms with Crippen molar-refractivity contribution in [2.75, 3.05) is 45.9 Å². The van der Waals surface area contributed by atoms with Gasteiger partial charge in [-0.25, -0.2) is 0 Å². The Morgan fingerprint density at radius 2 is 1.85 bits per heavy atom. The Balaban J connectivity index is 2.54. The number of hydrogen-bond donors (Lipinski definition) is 3. The lowest BCUT2D eigenvalue weighted by molar-refractivity contribution is -0.121. The van der Waals surface area contributed by atoms with E-state index < -0.39 is 0 Å². The number of nitrogens with zero attached hydrogens (tertiary/aromatic N) is 2. The maximum atomic E-state index is 11.9. The minimum absolute atomic E-state index is 0.0821. The number of rotatable bonds is 11. The number of carbonyl (C=O) groups is 1. The third kappa shape index (κ3) is 10.5. The van der Waals surface area contributed by atoms with E-state index in [1.54, 1.807) is 0 Å². The van der Waals surface area contributed by atoms with E-state index in [4.69, 9.17) is 9.73 Å². The first-order valence-electron chi connectivity index (χ1n) is 10.6. The van der Waals surface area contributed by atoms with Crippen molar-refractivity contribution in [2.45, 2.75) is 66.0 Å². The predicted octanol–water partition coefficient (Wildman–Crippen LogP) is 1.59. The number of morpholine rings is 1. The maximum Gasteiger partial charge on any atom is 0.221 e. The highest BCUT2D eigenvalue weighted by molar-refractivity contribution is 5.81. The predicted molar refractivity (Wildman–Crippen MR) is 112 cm³/mol. The first-order valence-corrected chi connectivity index (χ1v) is 10.6. The minimum atomic E-state index is 0.0821. The monoisotopic (exact) mass is 383 g/mol. The van der Waals surface area contributed by atoms with Crippen LogP contribution in [0, 0.1) is 5.92 Å². The van der Waals surface area contributed by atoms with Crippen LogP contribution in [0.1, 0.15) is 53.9 Å². The van der Waals surface area contributed by atoms with Gasteiger partial charge >= 0.3 is 0 Å². The average Bonchev–Trinajstić information content (AvgIpc) is 2.65. The first kappa shape index (κ1) is 23.7.